The van der Waals surface area contributed by atoms with Gasteiger partial charge in [0.05, 0.1) is 0 Å². The molecule has 1 atom stereocenters. The molecule has 57 valence electrons. The SMILES string of the molecule is CC([C]=O)c1ccc(N)cc1. The minimum atomic E-state index is -0.157. The lowest BCUT2D eigenvalue weighted by molar-refractivity contribution is 0.546. The Labute approximate surface area is 66.0 Å². The Morgan fingerprint density at radius 1 is 1.36 bits per heavy atom. The lowest BCUT2D eigenvalue weighted by Crippen LogP contribution is -1.94. The first-order chi connectivity index (χ1) is 5.24. The van der Waals surface area contributed by atoms with Gasteiger partial charge in [-0.15, -0.1) is 0 Å². The minimum Gasteiger partial charge on any atom is -0.399 e. The van der Waals surface area contributed by atoms with Crippen molar-refractivity contribution in [2.75, 3.05) is 5.73 Å². The Kier molecular flexibility index (Phi) is 2.26. The molecule has 11 heavy (non-hydrogen) atoms. The zero-order valence-electron chi connectivity index (χ0n) is 6.37. The van der Waals surface area contributed by atoms with Crippen molar-refractivity contribution < 1.29 is 4.79 Å². The van der Waals surface area contributed by atoms with Crippen LogP contribution in [0.3, 0.4) is 0 Å². The summed E-state index contributed by atoms with van der Waals surface area (Å²) in [4.78, 5) is 10.2. The summed E-state index contributed by atoms with van der Waals surface area (Å²) in [5, 5.41) is 0. The van der Waals surface area contributed by atoms with Gasteiger partial charge in [-0.3, -0.25) is 4.79 Å². The average Bonchev–Trinajstić information content (AvgIpc) is 2.05. The second kappa shape index (κ2) is 3.19. The first-order valence-corrected chi connectivity index (χ1v) is 3.47. The molecule has 1 aromatic carbocycles. The standard InChI is InChI=1S/C9H10NO/c1-7(6-11)8-2-4-9(10)5-3-8/h2-5,7H,10H2,1H3. The van der Waals surface area contributed by atoms with Crippen molar-refractivity contribution in [3.05, 3.63) is 29.8 Å². The maximum absolute atomic E-state index is 10.2. The molecule has 0 heterocycles. The number of hydrogen-bond acceptors (Lipinski definition) is 2. The van der Waals surface area contributed by atoms with Gasteiger partial charge in [0.25, 0.3) is 0 Å². The molecule has 0 saturated heterocycles. The van der Waals surface area contributed by atoms with E-state index in [1.165, 1.54) is 0 Å². The molecule has 0 fully saturated rings. The first-order valence-electron chi connectivity index (χ1n) is 3.47. The van der Waals surface area contributed by atoms with Crippen LogP contribution in [-0.2, 0) is 4.79 Å². The average molecular weight is 148 g/mol. The van der Waals surface area contributed by atoms with Crippen LogP contribution in [-0.4, -0.2) is 6.29 Å². The van der Waals surface area contributed by atoms with E-state index in [1.807, 2.05) is 18.4 Å². The molecular weight excluding hydrogens is 138 g/mol. The van der Waals surface area contributed by atoms with Crippen LogP contribution in [0.4, 0.5) is 5.69 Å². The monoisotopic (exact) mass is 148 g/mol. The summed E-state index contributed by atoms with van der Waals surface area (Å²) in [6.07, 6.45) is 1.91. The Morgan fingerprint density at radius 3 is 2.36 bits per heavy atom. The highest BCUT2D eigenvalue weighted by atomic mass is 16.1. The molecule has 0 aliphatic rings. The van der Waals surface area contributed by atoms with Gasteiger partial charge in [0.2, 0.25) is 6.29 Å². The normalized spacial score (nSPS) is 12.5. The number of anilines is 1. The van der Waals surface area contributed by atoms with Crippen LogP contribution < -0.4 is 5.73 Å². The van der Waals surface area contributed by atoms with Gasteiger partial charge in [-0.1, -0.05) is 19.1 Å². The van der Waals surface area contributed by atoms with E-state index in [4.69, 9.17) is 5.73 Å². The molecule has 0 saturated carbocycles. The van der Waals surface area contributed by atoms with E-state index in [1.54, 1.807) is 19.1 Å². The maximum atomic E-state index is 10.2. The van der Waals surface area contributed by atoms with Crippen molar-refractivity contribution in [3.8, 4) is 0 Å². The van der Waals surface area contributed by atoms with Gasteiger partial charge in [-0.05, 0) is 17.7 Å². The van der Waals surface area contributed by atoms with Crippen molar-refractivity contribution in [1.82, 2.24) is 0 Å². The lowest BCUT2D eigenvalue weighted by atomic mass is 10.0. The molecule has 0 aromatic heterocycles. The lowest BCUT2D eigenvalue weighted by Gasteiger charge is -2.01. The van der Waals surface area contributed by atoms with Gasteiger partial charge in [-0.25, -0.2) is 0 Å². The van der Waals surface area contributed by atoms with Crippen LogP contribution in [0.25, 0.3) is 0 Å². The third kappa shape index (κ3) is 1.80. The molecule has 1 radical (unpaired) electrons. The number of carbonyl (C=O) groups excluding carboxylic acids is 1. The summed E-state index contributed by atoms with van der Waals surface area (Å²) in [6.45, 7) is 1.80. The van der Waals surface area contributed by atoms with Crippen molar-refractivity contribution in [2.45, 2.75) is 12.8 Å². The molecular formula is C9H10NO. The maximum Gasteiger partial charge on any atom is 0.206 e. The number of nitrogen functional groups attached to an aromatic ring is 1. The predicted molar refractivity (Wildman–Crippen MR) is 45.0 cm³/mol. The van der Waals surface area contributed by atoms with Crippen LogP contribution >= 0.6 is 0 Å². The van der Waals surface area contributed by atoms with Crippen LogP contribution in [0.5, 0.6) is 0 Å². The third-order valence-corrected chi connectivity index (χ3v) is 1.61. The van der Waals surface area contributed by atoms with Gasteiger partial charge >= 0.3 is 0 Å². The highest BCUT2D eigenvalue weighted by molar-refractivity contribution is 5.62. The molecule has 2 heteroatoms. The molecule has 1 rings (SSSR count). The Hall–Kier alpha value is -1.31. The van der Waals surface area contributed by atoms with Gasteiger partial charge in [0.1, 0.15) is 0 Å². The van der Waals surface area contributed by atoms with E-state index < -0.39 is 0 Å². The summed E-state index contributed by atoms with van der Waals surface area (Å²) in [7, 11) is 0. The van der Waals surface area contributed by atoms with Crippen LogP contribution in [0.2, 0.25) is 0 Å². The number of rotatable bonds is 2. The first kappa shape index (κ1) is 7.79. The number of benzene rings is 1. The van der Waals surface area contributed by atoms with Gasteiger partial charge < -0.3 is 5.73 Å². The third-order valence-electron chi connectivity index (χ3n) is 1.61. The Balaban J connectivity index is 2.89. The predicted octanol–water partition coefficient (Wildman–Crippen LogP) is 1.48. The fourth-order valence-electron chi connectivity index (χ4n) is 0.853. The molecule has 1 unspecified atom stereocenters. The summed E-state index contributed by atoms with van der Waals surface area (Å²) < 4.78 is 0. The van der Waals surface area contributed by atoms with E-state index in [0.29, 0.717) is 5.69 Å². The van der Waals surface area contributed by atoms with Crippen LogP contribution in [0, 0.1) is 0 Å². The largest absolute Gasteiger partial charge is 0.399 e. The van der Waals surface area contributed by atoms with Gasteiger partial charge in [0.15, 0.2) is 0 Å². The van der Waals surface area contributed by atoms with E-state index in [2.05, 4.69) is 0 Å². The zero-order valence-corrected chi connectivity index (χ0v) is 6.37. The van der Waals surface area contributed by atoms with Gasteiger partial charge in [-0.2, -0.15) is 0 Å². The minimum absolute atomic E-state index is 0.157. The smallest absolute Gasteiger partial charge is 0.206 e. The van der Waals surface area contributed by atoms with E-state index in [9.17, 15) is 4.79 Å². The van der Waals surface area contributed by atoms with Crippen molar-refractivity contribution in [3.63, 3.8) is 0 Å². The highest BCUT2D eigenvalue weighted by Crippen LogP contribution is 2.13. The molecule has 2 nitrogen and oxygen atoms in total. The fourth-order valence-corrected chi connectivity index (χ4v) is 0.853. The van der Waals surface area contributed by atoms with Crippen molar-refractivity contribution in [2.24, 2.45) is 0 Å². The molecule has 0 spiro atoms. The van der Waals surface area contributed by atoms with E-state index >= 15 is 0 Å². The Bertz CT molecular complexity index is 240. The van der Waals surface area contributed by atoms with Crippen molar-refractivity contribution in [1.29, 1.82) is 0 Å². The summed E-state index contributed by atoms with van der Waals surface area (Å²) in [5.41, 5.74) is 7.14. The second-order valence-electron chi connectivity index (χ2n) is 2.51. The zero-order chi connectivity index (χ0) is 8.27. The molecule has 0 amide bonds. The summed E-state index contributed by atoms with van der Waals surface area (Å²) in [5.74, 6) is -0.157. The summed E-state index contributed by atoms with van der Waals surface area (Å²) in [6, 6.07) is 7.24. The van der Waals surface area contributed by atoms with E-state index in [-0.39, 0.29) is 5.92 Å². The quantitative estimate of drug-likeness (QED) is 0.645. The second-order valence-corrected chi connectivity index (χ2v) is 2.51. The number of nitrogens with two attached hydrogens (primary N) is 1. The molecule has 0 aliphatic heterocycles. The topological polar surface area (TPSA) is 43.1 Å². The molecule has 0 aliphatic carbocycles. The van der Waals surface area contributed by atoms with Crippen molar-refractivity contribution >= 4 is 12.0 Å². The molecule has 2 N–H and O–H groups in total. The van der Waals surface area contributed by atoms with Gasteiger partial charge in [0, 0.05) is 11.6 Å². The molecule has 0 bridgehead atoms. The highest BCUT2D eigenvalue weighted by Gasteiger charge is 2.02. The van der Waals surface area contributed by atoms with Crippen LogP contribution in [0.1, 0.15) is 18.4 Å². The number of hydrogen-bond donors (Lipinski definition) is 1. The van der Waals surface area contributed by atoms with E-state index in [0.717, 1.165) is 5.56 Å². The fraction of sp³-hybridized carbons (Fsp3) is 0.222. The summed E-state index contributed by atoms with van der Waals surface area (Å²) >= 11 is 0. The molecule has 1 aromatic rings. The van der Waals surface area contributed by atoms with Crippen LogP contribution in [0.15, 0.2) is 24.3 Å². The Morgan fingerprint density at radius 2 is 1.91 bits per heavy atom.